The molecule has 1 fully saturated rings. The number of benzene rings is 1. The van der Waals surface area contributed by atoms with Crippen LogP contribution in [0.1, 0.15) is 35.2 Å². The normalized spacial score (nSPS) is 20.4. The fraction of sp³-hybridized carbons (Fsp3) is 0.375. The minimum Gasteiger partial charge on any atom is -0.481 e. The summed E-state index contributed by atoms with van der Waals surface area (Å²) in [5.74, 6) is -1.30. The molecule has 23 heavy (non-hydrogen) atoms. The van der Waals surface area contributed by atoms with Crippen molar-refractivity contribution in [2.75, 3.05) is 0 Å². The predicted molar refractivity (Wildman–Crippen MR) is 82.3 cm³/mol. The lowest BCUT2D eigenvalue weighted by Crippen LogP contribution is -2.33. The number of aliphatic carboxylic acids is 1. The summed E-state index contributed by atoms with van der Waals surface area (Å²) in [6, 6.07) is 5.30. The van der Waals surface area contributed by atoms with Crippen LogP contribution >= 0.6 is 0 Å². The molecule has 0 unspecified atom stereocenters. The van der Waals surface area contributed by atoms with Crippen molar-refractivity contribution in [1.29, 1.82) is 0 Å². The molecule has 120 valence electrons. The minimum atomic E-state index is -0.783. The quantitative estimate of drug-likeness (QED) is 0.892. The Morgan fingerprint density at radius 1 is 1.35 bits per heavy atom. The van der Waals surface area contributed by atoms with E-state index >= 15 is 0 Å². The highest BCUT2D eigenvalue weighted by Gasteiger charge is 2.30. The molecule has 1 amide bonds. The number of nitrogens with zero attached hydrogens (tertiary/aromatic N) is 3. The van der Waals surface area contributed by atoms with Crippen molar-refractivity contribution >= 4 is 11.9 Å². The number of carbonyl (C=O) groups excluding carboxylic acids is 1. The first-order chi connectivity index (χ1) is 11.0. The Kier molecular flexibility index (Phi) is 4.10. The zero-order valence-corrected chi connectivity index (χ0v) is 12.8. The van der Waals surface area contributed by atoms with Crippen LogP contribution in [0, 0.1) is 12.8 Å². The third-order valence-corrected chi connectivity index (χ3v) is 4.24. The van der Waals surface area contributed by atoms with Crippen molar-refractivity contribution in [1.82, 2.24) is 20.1 Å². The van der Waals surface area contributed by atoms with E-state index in [-0.39, 0.29) is 17.9 Å². The van der Waals surface area contributed by atoms with Gasteiger partial charge in [-0.3, -0.25) is 9.59 Å². The molecule has 2 N–H and O–H groups in total. The van der Waals surface area contributed by atoms with E-state index in [0.717, 1.165) is 11.3 Å². The van der Waals surface area contributed by atoms with Crippen molar-refractivity contribution in [2.24, 2.45) is 5.92 Å². The van der Waals surface area contributed by atoms with Crippen molar-refractivity contribution in [3.8, 4) is 5.69 Å². The number of aryl methyl sites for hydroxylation is 1. The van der Waals surface area contributed by atoms with Gasteiger partial charge in [-0.2, -0.15) is 5.10 Å². The standard InChI is InChI=1S/C16H18N4O3/c1-10-6-11(3-5-14(10)20-9-17-8-18-20)15(21)19-13-4-2-12(7-13)16(22)23/h3,5-6,8-9,12-13H,2,4,7H2,1H3,(H,19,21)(H,22,23)/t12-,13+/m0/s1. The molecule has 1 heterocycles. The maximum Gasteiger partial charge on any atom is 0.306 e. The second-order valence-corrected chi connectivity index (χ2v) is 5.86. The summed E-state index contributed by atoms with van der Waals surface area (Å²) >= 11 is 0. The molecule has 1 saturated carbocycles. The maximum absolute atomic E-state index is 12.3. The number of rotatable bonds is 4. The highest BCUT2D eigenvalue weighted by atomic mass is 16.4. The van der Waals surface area contributed by atoms with Crippen LogP contribution in [0.15, 0.2) is 30.9 Å². The zero-order chi connectivity index (χ0) is 16.4. The third kappa shape index (κ3) is 3.23. The van der Waals surface area contributed by atoms with Gasteiger partial charge < -0.3 is 10.4 Å². The molecular weight excluding hydrogens is 296 g/mol. The topological polar surface area (TPSA) is 97.1 Å². The van der Waals surface area contributed by atoms with Gasteiger partial charge in [-0.05, 0) is 49.9 Å². The Labute approximate surface area is 133 Å². The first-order valence-electron chi connectivity index (χ1n) is 7.54. The third-order valence-electron chi connectivity index (χ3n) is 4.24. The number of carbonyl (C=O) groups is 2. The number of hydrogen-bond acceptors (Lipinski definition) is 4. The molecule has 2 atom stereocenters. The van der Waals surface area contributed by atoms with E-state index in [1.807, 2.05) is 13.0 Å². The molecule has 1 aromatic heterocycles. The van der Waals surface area contributed by atoms with Crippen molar-refractivity contribution in [3.63, 3.8) is 0 Å². The second-order valence-electron chi connectivity index (χ2n) is 5.86. The Balaban J connectivity index is 1.69. The number of nitrogens with one attached hydrogen (secondary N) is 1. The Hall–Kier alpha value is -2.70. The van der Waals surface area contributed by atoms with Crippen molar-refractivity contribution in [3.05, 3.63) is 42.0 Å². The SMILES string of the molecule is Cc1cc(C(=O)N[C@@H]2CC[C@H](C(=O)O)C2)ccc1-n1cncn1. The van der Waals surface area contributed by atoms with Crippen LogP contribution in [-0.4, -0.2) is 37.8 Å². The van der Waals surface area contributed by atoms with Crippen molar-refractivity contribution < 1.29 is 14.7 Å². The van der Waals surface area contributed by atoms with Crippen LogP contribution in [0.25, 0.3) is 5.69 Å². The van der Waals surface area contributed by atoms with Gasteiger partial charge in [0.25, 0.3) is 5.91 Å². The average molecular weight is 314 g/mol. The van der Waals surface area contributed by atoms with E-state index < -0.39 is 5.97 Å². The van der Waals surface area contributed by atoms with Gasteiger partial charge in [-0.15, -0.1) is 0 Å². The van der Waals surface area contributed by atoms with Crippen LogP contribution in [0.5, 0.6) is 0 Å². The fourth-order valence-corrected chi connectivity index (χ4v) is 2.99. The van der Waals surface area contributed by atoms with Crippen LogP contribution in [-0.2, 0) is 4.79 Å². The van der Waals surface area contributed by atoms with E-state index in [9.17, 15) is 9.59 Å². The van der Waals surface area contributed by atoms with Gasteiger partial charge >= 0.3 is 5.97 Å². The minimum absolute atomic E-state index is 0.0705. The molecule has 0 saturated heterocycles. The van der Waals surface area contributed by atoms with E-state index in [4.69, 9.17) is 5.11 Å². The molecule has 7 heteroatoms. The van der Waals surface area contributed by atoms with Gasteiger partial charge in [0.1, 0.15) is 12.7 Å². The molecule has 1 aliphatic rings. The van der Waals surface area contributed by atoms with Gasteiger partial charge in [0.2, 0.25) is 0 Å². The Bertz CT molecular complexity index is 727. The average Bonchev–Trinajstić information content (AvgIpc) is 3.18. The summed E-state index contributed by atoms with van der Waals surface area (Å²) in [4.78, 5) is 27.2. The Morgan fingerprint density at radius 3 is 2.78 bits per heavy atom. The summed E-state index contributed by atoms with van der Waals surface area (Å²) in [5.41, 5.74) is 2.34. The molecule has 1 aromatic carbocycles. The number of amides is 1. The van der Waals surface area contributed by atoms with E-state index in [2.05, 4.69) is 15.4 Å². The van der Waals surface area contributed by atoms with Gasteiger partial charge in [-0.25, -0.2) is 9.67 Å². The van der Waals surface area contributed by atoms with Crippen LogP contribution in [0.2, 0.25) is 0 Å². The van der Waals surface area contributed by atoms with Crippen LogP contribution in [0.3, 0.4) is 0 Å². The van der Waals surface area contributed by atoms with E-state index in [1.165, 1.54) is 6.33 Å². The first-order valence-corrected chi connectivity index (χ1v) is 7.54. The molecule has 0 radical (unpaired) electrons. The van der Waals surface area contributed by atoms with Crippen LogP contribution < -0.4 is 5.32 Å². The maximum atomic E-state index is 12.3. The zero-order valence-electron chi connectivity index (χ0n) is 12.8. The highest BCUT2D eigenvalue weighted by Crippen LogP contribution is 2.26. The number of aromatic nitrogens is 3. The summed E-state index contributed by atoms with van der Waals surface area (Å²) in [7, 11) is 0. The molecule has 2 aromatic rings. The van der Waals surface area contributed by atoms with Crippen molar-refractivity contribution in [2.45, 2.75) is 32.2 Å². The second kappa shape index (κ2) is 6.20. The lowest BCUT2D eigenvalue weighted by atomic mass is 10.1. The predicted octanol–water partition coefficient (Wildman–Crippen LogP) is 1.56. The van der Waals surface area contributed by atoms with E-state index in [1.54, 1.807) is 23.1 Å². The summed E-state index contributed by atoms with van der Waals surface area (Å²) in [5, 5.41) is 16.0. The number of carboxylic acids is 1. The largest absolute Gasteiger partial charge is 0.481 e. The summed E-state index contributed by atoms with van der Waals surface area (Å²) < 4.78 is 1.64. The first kappa shape index (κ1) is 15.2. The van der Waals surface area contributed by atoms with Gasteiger partial charge in [-0.1, -0.05) is 0 Å². The molecule has 3 rings (SSSR count). The van der Waals surface area contributed by atoms with Gasteiger partial charge in [0, 0.05) is 11.6 Å². The van der Waals surface area contributed by atoms with E-state index in [0.29, 0.717) is 24.8 Å². The number of carboxylic acid groups (broad SMARTS) is 1. The molecule has 0 bridgehead atoms. The molecule has 7 nitrogen and oxygen atoms in total. The lowest BCUT2D eigenvalue weighted by Gasteiger charge is -2.13. The molecular formula is C16H18N4O3. The molecule has 1 aliphatic carbocycles. The fourth-order valence-electron chi connectivity index (χ4n) is 2.99. The molecule has 0 aliphatic heterocycles. The highest BCUT2D eigenvalue weighted by molar-refractivity contribution is 5.95. The molecule has 0 spiro atoms. The lowest BCUT2D eigenvalue weighted by molar-refractivity contribution is -0.141. The summed E-state index contributed by atoms with van der Waals surface area (Å²) in [6.07, 6.45) is 4.88. The van der Waals surface area contributed by atoms with Gasteiger partial charge in [0.15, 0.2) is 0 Å². The summed E-state index contributed by atoms with van der Waals surface area (Å²) in [6.45, 7) is 1.91. The van der Waals surface area contributed by atoms with Crippen LogP contribution in [0.4, 0.5) is 0 Å². The Morgan fingerprint density at radius 2 is 2.17 bits per heavy atom. The number of hydrogen-bond donors (Lipinski definition) is 2. The monoisotopic (exact) mass is 314 g/mol. The smallest absolute Gasteiger partial charge is 0.306 e. The van der Waals surface area contributed by atoms with Gasteiger partial charge in [0.05, 0.1) is 11.6 Å².